The Balaban J connectivity index is 4.01. The highest BCUT2D eigenvalue weighted by molar-refractivity contribution is 5.74. The molecule has 0 aromatic carbocycles. The lowest BCUT2D eigenvalue weighted by atomic mass is 10.1. The second kappa shape index (κ2) is 4.31. The van der Waals surface area contributed by atoms with Gasteiger partial charge in [-0.15, -0.1) is 0 Å². The number of carboxylic acids is 1. The van der Waals surface area contributed by atoms with Gasteiger partial charge < -0.3 is 15.5 Å². The lowest BCUT2D eigenvalue weighted by molar-refractivity contribution is -0.142. The molecule has 0 saturated heterocycles. The van der Waals surface area contributed by atoms with E-state index in [-0.39, 0.29) is 6.04 Å². The minimum Gasteiger partial charge on any atom is -0.480 e. The Kier molecular flexibility index (Phi) is 4.07. The zero-order valence-electron chi connectivity index (χ0n) is 7.03. The third kappa shape index (κ3) is 3.95. The van der Waals surface area contributed by atoms with Crippen molar-refractivity contribution in [1.29, 1.82) is 0 Å². The molecule has 0 aromatic heterocycles. The molecule has 3 N–H and O–H groups in total. The zero-order valence-corrected chi connectivity index (χ0v) is 7.03. The van der Waals surface area contributed by atoms with Gasteiger partial charge in [-0.05, 0) is 6.92 Å². The minimum absolute atomic E-state index is 0.0608. The fourth-order valence-electron chi connectivity index (χ4n) is 0.776. The monoisotopic (exact) mass is 161 g/mol. The van der Waals surface area contributed by atoms with Crippen LogP contribution in [0.5, 0.6) is 0 Å². The van der Waals surface area contributed by atoms with Gasteiger partial charge in [0.05, 0.1) is 6.10 Å². The first-order valence-electron chi connectivity index (χ1n) is 3.62. The van der Waals surface area contributed by atoms with Crippen LogP contribution in [0.25, 0.3) is 0 Å². The van der Waals surface area contributed by atoms with Gasteiger partial charge in [-0.25, -0.2) is 0 Å². The number of hydrogen-bond donors (Lipinski definition) is 3. The van der Waals surface area contributed by atoms with Crippen molar-refractivity contribution in [3.63, 3.8) is 0 Å². The molecule has 0 radical (unpaired) electrons. The Morgan fingerprint density at radius 3 is 1.91 bits per heavy atom. The smallest absolute Gasteiger partial charge is 0.323 e. The summed E-state index contributed by atoms with van der Waals surface area (Å²) >= 11 is 0. The van der Waals surface area contributed by atoms with E-state index in [4.69, 9.17) is 10.2 Å². The Hall–Kier alpha value is -0.610. The van der Waals surface area contributed by atoms with Crippen molar-refractivity contribution >= 4 is 5.97 Å². The standard InChI is InChI=1S/C7H15NO3/c1-4(2)8-6(5(3)9)7(10)11/h4-6,8-9H,1-3H3,(H,10,11)/t5-,6?/m1/s1. The number of nitrogens with one attached hydrogen (secondary N) is 1. The maximum Gasteiger partial charge on any atom is 0.323 e. The van der Waals surface area contributed by atoms with Gasteiger partial charge >= 0.3 is 5.97 Å². The lowest BCUT2D eigenvalue weighted by Crippen LogP contribution is -2.47. The molecule has 0 heterocycles. The Labute approximate surface area is 66.2 Å². The second-order valence-electron chi connectivity index (χ2n) is 2.88. The van der Waals surface area contributed by atoms with Crippen LogP contribution in [-0.2, 0) is 4.79 Å². The molecule has 0 aromatic rings. The van der Waals surface area contributed by atoms with E-state index < -0.39 is 18.1 Å². The van der Waals surface area contributed by atoms with Crippen LogP contribution in [0.3, 0.4) is 0 Å². The first kappa shape index (κ1) is 10.4. The van der Waals surface area contributed by atoms with Crippen LogP contribution in [0, 0.1) is 0 Å². The van der Waals surface area contributed by atoms with Crippen molar-refractivity contribution in [2.75, 3.05) is 0 Å². The van der Waals surface area contributed by atoms with Crippen LogP contribution >= 0.6 is 0 Å². The van der Waals surface area contributed by atoms with E-state index in [0.29, 0.717) is 0 Å². The summed E-state index contributed by atoms with van der Waals surface area (Å²) in [5, 5.41) is 20.3. The molecule has 0 aliphatic heterocycles. The maximum absolute atomic E-state index is 10.5. The van der Waals surface area contributed by atoms with Crippen molar-refractivity contribution in [3.05, 3.63) is 0 Å². The SMILES string of the molecule is CC(C)NC(C(=O)O)[C@@H](C)O. The third-order valence-corrected chi connectivity index (χ3v) is 1.26. The molecule has 66 valence electrons. The molecule has 0 rings (SSSR count). The van der Waals surface area contributed by atoms with Gasteiger partial charge in [0.2, 0.25) is 0 Å². The maximum atomic E-state index is 10.5. The Morgan fingerprint density at radius 1 is 1.36 bits per heavy atom. The number of aliphatic carboxylic acids is 1. The Morgan fingerprint density at radius 2 is 1.82 bits per heavy atom. The summed E-state index contributed by atoms with van der Waals surface area (Å²) in [4.78, 5) is 10.5. The van der Waals surface area contributed by atoms with Crippen LogP contribution in [0.1, 0.15) is 20.8 Å². The van der Waals surface area contributed by atoms with Gasteiger partial charge in [-0.2, -0.15) is 0 Å². The van der Waals surface area contributed by atoms with E-state index >= 15 is 0 Å². The number of rotatable bonds is 4. The number of aliphatic hydroxyl groups excluding tert-OH is 1. The summed E-state index contributed by atoms with van der Waals surface area (Å²) in [6.07, 6.45) is -0.866. The molecule has 0 aliphatic rings. The largest absolute Gasteiger partial charge is 0.480 e. The van der Waals surface area contributed by atoms with Crippen LogP contribution in [-0.4, -0.2) is 34.4 Å². The average Bonchev–Trinajstić information content (AvgIpc) is 1.81. The summed E-state index contributed by atoms with van der Waals surface area (Å²) in [6, 6.07) is -0.805. The molecule has 4 heteroatoms. The molecule has 0 bridgehead atoms. The zero-order chi connectivity index (χ0) is 9.02. The number of hydrogen-bond acceptors (Lipinski definition) is 3. The molecule has 0 fully saturated rings. The topological polar surface area (TPSA) is 69.6 Å². The highest BCUT2D eigenvalue weighted by Gasteiger charge is 2.22. The molecule has 0 spiro atoms. The fourth-order valence-corrected chi connectivity index (χ4v) is 0.776. The normalized spacial score (nSPS) is 16.5. The van der Waals surface area contributed by atoms with Crippen molar-refractivity contribution in [2.45, 2.75) is 39.0 Å². The van der Waals surface area contributed by atoms with Crippen molar-refractivity contribution in [3.8, 4) is 0 Å². The molecular weight excluding hydrogens is 146 g/mol. The van der Waals surface area contributed by atoms with E-state index in [1.807, 2.05) is 13.8 Å². The summed E-state index contributed by atoms with van der Waals surface area (Å²) < 4.78 is 0. The second-order valence-corrected chi connectivity index (χ2v) is 2.88. The predicted octanol–water partition coefficient (Wildman–Crippen LogP) is -0.182. The van der Waals surface area contributed by atoms with E-state index in [9.17, 15) is 4.79 Å². The summed E-state index contributed by atoms with van der Waals surface area (Å²) in [6.45, 7) is 5.12. The van der Waals surface area contributed by atoms with E-state index in [1.165, 1.54) is 6.92 Å². The molecule has 1 unspecified atom stereocenters. The van der Waals surface area contributed by atoms with Gasteiger partial charge in [0.25, 0.3) is 0 Å². The van der Waals surface area contributed by atoms with Gasteiger partial charge in [0.15, 0.2) is 0 Å². The van der Waals surface area contributed by atoms with Crippen LogP contribution in [0.15, 0.2) is 0 Å². The molecule has 0 amide bonds. The van der Waals surface area contributed by atoms with Crippen molar-refractivity contribution in [1.82, 2.24) is 5.32 Å². The molecule has 0 aliphatic carbocycles. The first-order chi connectivity index (χ1) is 4.95. The number of carboxylic acid groups (broad SMARTS) is 1. The van der Waals surface area contributed by atoms with Crippen LogP contribution in [0.4, 0.5) is 0 Å². The number of carbonyl (C=O) groups is 1. The van der Waals surface area contributed by atoms with E-state index in [1.54, 1.807) is 0 Å². The summed E-state index contributed by atoms with van der Waals surface area (Å²) in [5.74, 6) is -1.02. The first-order valence-corrected chi connectivity index (χ1v) is 3.62. The Bertz CT molecular complexity index is 134. The van der Waals surface area contributed by atoms with Crippen molar-refractivity contribution in [2.24, 2.45) is 0 Å². The van der Waals surface area contributed by atoms with Crippen molar-refractivity contribution < 1.29 is 15.0 Å². The number of aliphatic hydroxyl groups is 1. The average molecular weight is 161 g/mol. The predicted molar refractivity (Wildman–Crippen MR) is 41.4 cm³/mol. The molecule has 4 nitrogen and oxygen atoms in total. The molecule has 2 atom stereocenters. The minimum atomic E-state index is -1.02. The van der Waals surface area contributed by atoms with Gasteiger partial charge in [0, 0.05) is 6.04 Å². The summed E-state index contributed by atoms with van der Waals surface area (Å²) in [7, 11) is 0. The quantitative estimate of drug-likeness (QED) is 0.535. The highest BCUT2D eigenvalue weighted by atomic mass is 16.4. The lowest BCUT2D eigenvalue weighted by Gasteiger charge is -2.19. The molecule has 11 heavy (non-hydrogen) atoms. The van der Waals surface area contributed by atoms with E-state index in [0.717, 1.165) is 0 Å². The van der Waals surface area contributed by atoms with E-state index in [2.05, 4.69) is 5.32 Å². The van der Waals surface area contributed by atoms with Crippen LogP contribution < -0.4 is 5.32 Å². The summed E-state index contributed by atoms with van der Waals surface area (Å²) in [5.41, 5.74) is 0. The fraction of sp³-hybridized carbons (Fsp3) is 0.857. The molecule has 0 saturated carbocycles. The van der Waals surface area contributed by atoms with Gasteiger partial charge in [-0.1, -0.05) is 13.8 Å². The highest BCUT2D eigenvalue weighted by Crippen LogP contribution is 1.94. The van der Waals surface area contributed by atoms with Crippen LogP contribution in [0.2, 0.25) is 0 Å². The molecular formula is C7H15NO3. The third-order valence-electron chi connectivity index (χ3n) is 1.26. The van der Waals surface area contributed by atoms with Gasteiger partial charge in [0.1, 0.15) is 6.04 Å². The van der Waals surface area contributed by atoms with Gasteiger partial charge in [-0.3, -0.25) is 4.79 Å².